The number of para-hydroxylation sites is 1. The minimum Gasteiger partial charge on any atom is -0.456 e. The molecule has 5 nitrogen and oxygen atoms in total. The molecule has 3 heterocycles. The Kier molecular flexibility index (Phi) is 7.03. The Bertz CT molecular complexity index is 3170. The van der Waals surface area contributed by atoms with Crippen molar-refractivity contribution in [3.8, 4) is 45.3 Å². The number of furan rings is 1. The molecule has 270 valence electrons. The van der Waals surface area contributed by atoms with Gasteiger partial charge in [-0.2, -0.15) is 0 Å². The average molecular weight is 733 g/mol. The van der Waals surface area contributed by atoms with E-state index in [2.05, 4.69) is 150 Å². The summed E-state index contributed by atoms with van der Waals surface area (Å²) < 4.78 is 9.02. The number of benzene rings is 6. The fourth-order valence-corrected chi connectivity index (χ4v) is 9.38. The smallest absolute Gasteiger partial charge is 0.164 e. The fraction of sp³-hybridized carbons (Fsp3) is 0.0962. The molecule has 2 unspecified atom stereocenters. The van der Waals surface area contributed by atoms with Crippen LogP contribution in [0.15, 0.2) is 174 Å². The van der Waals surface area contributed by atoms with Crippen LogP contribution in [0.5, 0.6) is 0 Å². The van der Waals surface area contributed by atoms with Crippen LogP contribution in [0.1, 0.15) is 29.7 Å². The van der Waals surface area contributed by atoms with Gasteiger partial charge >= 0.3 is 0 Å². The number of rotatable bonds is 6. The lowest BCUT2D eigenvalue weighted by Crippen LogP contribution is -2.13. The van der Waals surface area contributed by atoms with Crippen LogP contribution in [-0.4, -0.2) is 19.5 Å². The summed E-state index contributed by atoms with van der Waals surface area (Å²) in [6, 6.07) is 51.0. The van der Waals surface area contributed by atoms with E-state index in [1.54, 1.807) is 0 Å². The first-order valence-corrected chi connectivity index (χ1v) is 19.8. The molecule has 0 saturated heterocycles. The lowest BCUT2D eigenvalue weighted by atomic mass is 9.88. The van der Waals surface area contributed by atoms with Crippen LogP contribution in [0, 0.1) is 5.92 Å². The summed E-state index contributed by atoms with van der Waals surface area (Å²) in [7, 11) is 0. The Hall–Kier alpha value is -7.11. The second-order valence-electron chi connectivity index (χ2n) is 15.5. The molecule has 0 spiro atoms. The first-order valence-electron chi connectivity index (χ1n) is 19.8. The highest BCUT2D eigenvalue weighted by atomic mass is 16.3. The molecule has 0 N–H and O–H groups in total. The van der Waals surface area contributed by atoms with Crippen molar-refractivity contribution in [3.63, 3.8) is 0 Å². The molecule has 0 amide bonds. The third kappa shape index (κ3) is 5.12. The van der Waals surface area contributed by atoms with E-state index in [1.165, 1.54) is 33.4 Å². The molecule has 1 fully saturated rings. The summed E-state index contributed by atoms with van der Waals surface area (Å²) >= 11 is 0. The molecule has 9 aromatic rings. The predicted octanol–water partition coefficient (Wildman–Crippen LogP) is 12.7. The van der Waals surface area contributed by atoms with Crippen molar-refractivity contribution >= 4 is 44.6 Å². The predicted molar refractivity (Wildman–Crippen MR) is 231 cm³/mol. The third-order valence-electron chi connectivity index (χ3n) is 12.2. The summed E-state index contributed by atoms with van der Waals surface area (Å²) in [5.41, 5.74) is 13.3. The first-order chi connectivity index (χ1) is 28.2. The molecule has 1 saturated carbocycles. The number of hydrogen-bond donors (Lipinski definition) is 0. The molecule has 3 aromatic heterocycles. The summed E-state index contributed by atoms with van der Waals surface area (Å²) in [4.78, 5) is 15.4. The van der Waals surface area contributed by atoms with Gasteiger partial charge in [0.2, 0.25) is 0 Å². The van der Waals surface area contributed by atoms with Crippen LogP contribution in [0.3, 0.4) is 0 Å². The van der Waals surface area contributed by atoms with Crippen molar-refractivity contribution in [2.75, 3.05) is 0 Å². The van der Waals surface area contributed by atoms with Gasteiger partial charge in [-0.05, 0) is 84.4 Å². The Balaban J connectivity index is 0.967. The Morgan fingerprint density at radius 1 is 0.596 bits per heavy atom. The highest BCUT2D eigenvalue weighted by Gasteiger charge is 2.54. The largest absolute Gasteiger partial charge is 0.456 e. The molecule has 0 bridgehead atoms. The zero-order chi connectivity index (χ0) is 37.5. The average Bonchev–Trinajstić information content (AvgIpc) is 3.77. The maximum Gasteiger partial charge on any atom is 0.164 e. The Morgan fingerprint density at radius 2 is 1.32 bits per heavy atom. The van der Waals surface area contributed by atoms with E-state index in [9.17, 15) is 0 Å². The molecule has 2 atom stereocenters. The highest BCUT2D eigenvalue weighted by Crippen LogP contribution is 2.59. The normalized spacial score (nSPS) is 18.2. The quantitative estimate of drug-likeness (QED) is 0.171. The van der Waals surface area contributed by atoms with E-state index >= 15 is 0 Å². The molecule has 0 radical (unpaired) electrons. The van der Waals surface area contributed by atoms with Crippen LogP contribution in [0.4, 0.5) is 0 Å². The van der Waals surface area contributed by atoms with Gasteiger partial charge in [-0.3, -0.25) is 0 Å². The molecule has 6 aromatic carbocycles. The van der Waals surface area contributed by atoms with Crippen molar-refractivity contribution in [3.05, 3.63) is 187 Å². The Morgan fingerprint density at radius 3 is 2.16 bits per heavy atom. The van der Waals surface area contributed by atoms with E-state index < -0.39 is 0 Å². The molecule has 5 heteroatoms. The standard InChI is InChI=1S/C52H36N4O/c1-3-13-33(14-4-1)40-21-12-24-46-48(40)43-28-25-36(30-47(43)57-46)51-54-49(34-15-5-2-6-16-34)53-50(55-51)35-17-11-18-37(29-35)52-31-38(52)26-27-39(32-52)56-44-22-9-7-19-41(44)42-20-8-10-23-45(42)56/h1-9,11-22,24-30,32,38H,10,23,31H2. The molecule has 0 aliphatic heterocycles. The van der Waals surface area contributed by atoms with E-state index in [-0.39, 0.29) is 5.41 Å². The van der Waals surface area contributed by atoms with Gasteiger partial charge in [-0.1, -0.05) is 133 Å². The minimum atomic E-state index is -0.0775. The summed E-state index contributed by atoms with van der Waals surface area (Å²) in [6.45, 7) is 0. The lowest BCUT2D eigenvalue weighted by Gasteiger charge is -2.22. The third-order valence-corrected chi connectivity index (χ3v) is 12.2. The van der Waals surface area contributed by atoms with E-state index in [0.717, 1.165) is 69.0 Å². The van der Waals surface area contributed by atoms with Crippen LogP contribution < -0.4 is 0 Å². The number of nitrogens with zero attached hydrogens (tertiary/aromatic N) is 4. The number of aromatic nitrogens is 4. The van der Waals surface area contributed by atoms with E-state index in [4.69, 9.17) is 19.4 Å². The van der Waals surface area contributed by atoms with Gasteiger partial charge in [0.15, 0.2) is 17.5 Å². The second-order valence-corrected chi connectivity index (χ2v) is 15.5. The number of hydrogen-bond acceptors (Lipinski definition) is 4. The molecule has 3 aliphatic rings. The summed E-state index contributed by atoms with van der Waals surface area (Å²) in [5.74, 6) is 2.36. The topological polar surface area (TPSA) is 56.7 Å². The molecular weight excluding hydrogens is 697 g/mol. The van der Waals surface area contributed by atoms with Gasteiger partial charge in [0, 0.05) is 55.2 Å². The zero-order valence-corrected chi connectivity index (χ0v) is 31.1. The van der Waals surface area contributed by atoms with Crippen LogP contribution >= 0.6 is 0 Å². The molecule has 12 rings (SSSR count). The fourth-order valence-electron chi connectivity index (χ4n) is 9.38. The van der Waals surface area contributed by atoms with Crippen molar-refractivity contribution in [1.82, 2.24) is 19.5 Å². The van der Waals surface area contributed by atoms with E-state index in [0.29, 0.717) is 23.4 Å². The number of allylic oxidation sites excluding steroid dienone is 5. The zero-order valence-electron chi connectivity index (χ0n) is 31.1. The monoisotopic (exact) mass is 732 g/mol. The maximum absolute atomic E-state index is 6.51. The second kappa shape index (κ2) is 12.5. The molecular formula is C52H36N4O. The van der Waals surface area contributed by atoms with Gasteiger partial charge in [0.1, 0.15) is 11.2 Å². The molecule has 57 heavy (non-hydrogen) atoms. The SMILES string of the molecule is C1=Cc2c(n(C3=CC4(c5cccc(-c6nc(-c7ccccc7)nc(-c7ccc8c(c7)oc7cccc(-c9ccccc9)c78)n6)c5)CC4C=C3)c3ccccc23)CC1. The summed E-state index contributed by atoms with van der Waals surface area (Å²) in [5, 5.41) is 3.50. The maximum atomic E-state index is 6.51. The first kappa shape index (κ1) is 32.2. The van der Waals surface area contributed by atoms with Gasteiger partial charge in [0.25, 0.3) is 0 Å². The number of fused-ring (bicyclic) bond motifs is 7. The van der Waals surface area contributed by atoms with Crippen molar-refractivity contribution < 1.29 is 4.42 Å². The lowest BCUT2D eigenvalue weighted by molar-refractivity contribution is 0.669. The van der Waals surface area contributed by atoms with Gasteiger partial charge in [0.05, 0.1) is 5.52 Å². The highest BCUT2D eigenvalue weighted by molar-refractivity contribution is 6.13. The summed E-state index contributed by atoms with van der Waals surface area (Å²) in [6.07, 6.45) is 15.1. The Labute approximate surface area is 330 Å². The van der Waals surface area contributed by atoms with Gasteiger partial charge in [-0.15, -0.1) is 0 Å². The van der Waals surface area contributed by atoms with E-state index in [1.807, 2.05) is 30.3 Å². The van der Waals surface area contributed by atoms with Crippen molar-refractivity contribution in [2.45, 2.75) is 24.7 Å². The van der Waals surface area contributed by atoms with Crippen molar-refractivity contribution in [1.29, 1.82) is 0 Å². The minimum absolute atomic E-state index is 0.0775. The molecule has 3 aliphatic carbocycles. The van der Waals surface area contributed by atoms with Crippen LogP contribution in [0.25, 0.3) is 89.9 Å². The van der Waals surface area contributed by atoms with Gasteiger partial charge < -0.3 is 8.98 Å². The van der Waals surface area contributed by atoms with Crippen LogP contribution in [0.2, 0.25) is 0 Å². The van der Waals surface area contributed by atoms with Crippen molar-refractivity contribution in [2.24, 2.45) is 5.92 Å². The van der Waals surface area contributed by atoms with Gasteiger partial charge in [-0.25, -0.2) is 15.0 Å². The van der Waals surface area contributed by atoms with Crippen LogP contribution in [-0.2, 0) is 11.8 Å².